The second kappa shape index (κ2) is 16.2. The molecule has 0 fully saturated rings. The third kappa shape index (κ3) is 10.7. The topological polar surface area (TPSA) is 61.8 Å². The van der Waals surface area contributed by atoms with E-state index in [1.54, 1.807) is 42.5 Å². The summed E-state index contributed by atoms with van der Waals surface area (Å²) < 4.78 is 16.5. The van der Waals surface area contributed by atoms with Gasteiger partial charge < -0.3 is 14.2 Å². The molecule has 0 aliphatic rings. The van der Waals surface area contributed by atoms with Gasteiger partial charge in [0.25, 0.3) is 0 Å². The van der Waals surface area contributed by atoms with Gasteiger partial charge in [0, 0.05) is 0 Å². The summed E-state index contributed by atoms with van der Waals surface area (Å²) in [6.07, 6.45) is 10.8. The highest BCUT2D eigenvalue weighted by atomic mass is 35.5. The minimum Gasteiger partial charge on any atom is -0.492 e. The summed E-state index contributed by atoms with van der Waals surface area (Å²) in [5.74, 6) is 0.282. The molecule has 0 spiro atoms. The summed E-state index contributed by atoms with van der Waals surface area (Å²) in [6.45, 7) is 7.29. The van der Waals surface area contributed by atoms with Crippen molar-refractivity contribution in [1.82, 2.24) is 0 Å². The van der Waals surface area contributed by atoms with Gasteiger partial charge in [-0.25, -0.2) is 9.59 Å². The van der Waals surface area contributed by atoms with Crippen molar-refractivity contribution < 1.29 is 23.8 Å². The van der Waals surface area contributed by atoms with Crippen LogP contribution in [0.3, 0.4) is 0 Å². The highest BCUT2D eigenvalue weighted by Crippen LogP contribution is 2.26. The maximum absolute atomic E-state index is 12.5. The molecule has 2 aromatic carbocycles. The summed E-state index contributed by atoms with van der Waals surface area (Å²) in [5.41, 5.74) is 0.737. The predicted molar refractivity (Wildman–Crippen MR) is 141 cm³/mol. The van der Waals surface area contributed by atoms with Crippen LogP contribution in [0.2, 0.25) is 5.02 Å². The first kappa shape index (κ1) is 28.7. The van der Waals surface area contributed by atoms with E-state index in [1.165, 1.54) is 38.5 Å². The number of ether oxygens (including phenoxy) is 3. The Kier molecular flexibility index (Phi) is 13.3. The molecule has 1 atom stereocenters. The van der Waals surface area contributed by atoms with E-state index in [-0.39, 0.29) is 0 Å². The number of unbranched alkanes of at least 4 members (excludes halogenated alkanes) is 7. The predicted octanol–water partition coefficient (Wildman–Crippen LogP) is 8.28. The minimum absolute atomic E-state index is 0.313. The average Bonchev–Trinajstić information content (AvgIpc) is 2.87. The Balaban J connectivity index is 1.77. The lowest BCUT2D eigenvalue weighted by Gasteiger charge is -2.11. The molecule has 0 aliphatic heterocycles. The van der Waals surface area contributed by atoms with Gasteiger partial charge in [0.2, 0.25) is 0 Å². The Bertz CT molecular complexity index is 910. The number of hydrogen-bond donors (Lipinski definition) is 0. The third-order valence-electron chi connectivity index (χ3n) is 5.92. The second-order valence-electron chi connectivity index (χ2n) is 8.99. The zero-order valence-corrected chi connectivity index (χ0v) is 22.1. The van der Waals surface area contributed by atoms with Gasteiger partial charge in [-0.3, -0.25) is 0 Å². The van der Waals surface area contributed by atoms with Crippen LogP contribution in [0.5, 0.6) is 11.5 Å². The van der Waals surface area contributed by atoms with Crippen molar-refractivity contribution in [3.63, 3.8) is 0 Å². The molecule has 0 radical (unpaired) electrons. The van der Waals surface area contributed by atoms with Crippen LogP contribution in [-0.2, 0) is 4.74 Å². The van der Waals surface area contributed by atoms with Crippen LogP contribution in [0.1, 0.15) is 99.3 Å². The molecule has 6 heteroatoms. The maximum Gasteiger partial charge on any atom is 0.343 e. The first-order chi connectivity index (χ1) is 16.9. The normalized spacial score (nSPS) is 11.7. The van der Waals surface area contributed by atoms with E-state index < -0.39 is 11.9 Å². The molecule has 0 heterocycles. The number of esters is 2. The standard InChI is InChI=1S/C29H39ClO5/c1-4-6-7-8-9-10-11-12-19-33-27-18-15-24(20-26(27)30)29(32)35-25-16-13-23(14-17-25)28(31)34-21-22(3)5-2/h13-18,20,22H,4-12,19,21H2,1-3H3. The number of hydrogen-bond acceptors (Lipinski definition) is 5. The quantitative estimate of drug-likeness (QED) is 0.131. The lowest BCUT2D eigenvalue weighted by Crippen LogP contribution is -2.12. The molecule has 2 aromatic rings. The first-order valence-corrected chi connectivity index (χ1v) is 13.2. The molecular formula is C29H39ClO5. The Hall–Kier alpha value is -2.53. The van der Waals surface area contributed by atoms with E-state index in [1.807, 2.05) is 13.8 Å². The fourth-order valence-electron chi connectivity index (χ4n) is 3.41. The number of rotatable bonds is 16. The molecule has 0 saturated heterocycles. The van der Waals surface area contributed by atoms with E-state index in [4.69, 9.17) is 25.8 Å². The van der Waals surface area contributed by atoms with Crippen LogP contribution in [0.25, 0.3) is 0 Å². The molecule has 0 aliphatic carbocycles. The molecular weight excluding hydrogens is 464 g/mol. The van der Waals surface area contributed by atoms with Gasteiger partial charge in [-0.05, 0) is 54.8 Å². The van der Waals surface area contributed by atoms with Crippen molar-refractivity contribution in [2.24, 2.45) is 5.92 Å². The second-order valence-corrected chi connectivity index (χ2v) is 9.40. The van der Waals surface area contributed by atoms with Crippen LogP contribution in [0, 0.1) is 5.92 Å². The maximum atomic E-state index is 12.5. The monoisotopic (exact) mass is 502 g/mol. The molecule has 0 bridgehead atoms. The fraction of sp³-hybridized carbons (Fsp3) is 0.517. The Morgan fingerprint density at radius 3 is 2.09 bits per heavy atom. The summed E-state index contributed by atoms with van der Waals surface area (Å²) in [7, 11) is 0. The lowest BCUT2D eigenvalue weighted by molar-refractivity contribution is 0.0447. The molecule has 192 valence electrons. The average molecular weight is 503 g/mol. The number of halogens is 1. The number of benzene rings is 2. The van der Waals surface area contributed by atoms with Crippen molar-refractivity contribution in [3.05, 3.63) is 58.6 Å². The molecule has 5 nitrogen and oxygen atoms in total. The molecule has 0 N–H and O–H groups in total. The first-order valence-electron chi connectivity index (χ1n) is 12.9. The Morgan fingerprint density at radius 1 is 0.829 bits per heavy atom. The highest BCUT2D eigenvalue weighted by Gasteiger charge is 2.14. The smallest absolute Gasteiger partial charge is 0.343 e. The summed E-state index contributed by atoms with van der Waals surface area (Å²) in [4.78, 5) is 24.6. The zero-order valence-electron chi connectivity index (χ0n) is 21.3. The van der Waals surface area contributed by atoms with E-state index in [2.05, 4.69) is 6.92 Å². The zero-order chi connectivity index (χ0) is 25.5. The van der Waals surface area contributed by atoms with Crippen molar-refractivity contribution in [3.8, 4) is 11.5 Å². The third-order valence-corrected chi connectivity index (χ3v) is 6.21. The van der Waals surface area contributed by atoms with Crippen LogP contribution in [0.4, 0.5) is 0 Å². The van der Waals surface area contributed by atoms with E-state index >= 15 is 0 Å². The number of carbonyl (C=O) groups excluding carboxylic acids is 2. The molecule has 0 amide bonds. The molecule has 35 heavy (non-hydrogen) atoms. The molecule has 2 rings (SSSR count). The van der Waals surface area contributed by atoms with Gasteiger partial charge in [-0.1, -0.05) is 83.7 Å². The van der Waals surface area contributed by atoms with Crippen LogP contribution < -0.4 is 9.47 Å². The van der Waals surface area contributed by atoms with Crippen LogP contribution >= 0.6 is 11.6 Å². The van der Waals surface area contributed by atoms with Gasteiger partial charge in [-0.2, -0.15) is 0 Å². The van der Waals surface area contributed by atoms with Crippen molar-refractivity contribution in [2.75, 3.05) is 13.2 Å². The van der Waals surface area contributed by atoms with Gasteiger partial charge in [0.15, 0.2) is 0 Å². The highest BCUT2D eigenvalue weighted by molar-refractivity contribution is 6.32. The van der Waals surface area contributed by atoms with Gasteiger partial charge in [0.05, 0.1) is 29.4 Å². The summed E-state index contributed by atoms with van der Waals surface area (Å²) in [5, 5.41) is 0.374. The molecule has 0 aromatic heterocycles. The Morgan fingerprint density at radius 2 is 1.46 bits per heavy atom. The van der Waals surface area contributed by atoms with E-state index in [9.17, 15) is 9.59 Å². The lowest BCUT2D eigenvalue weighted by atomic mass is 10.1. The summed E-state index contributed by atoms with van der Waals surface area (Å²) in [6, 6.07) is 11.2. The van der Waals surface area contributed by atoms with Gasteiger partial charge >= 0.3 is 11.9 Å². The van der Waals surface area contributed by atoms with Gasteiger partial charge in [-0.15, -0.1) is 0 Å². The van der Waals surface area contributed by atoms with Gasteiger partial charge in [0.1, 0.15) is 11.5 Å². The molecule has 0 saturated carbocycles. The van der Waals surface area contributed by atoms with E-state index in [0.29, 0.717) is 46.8 Å². The Labute approximate surface area is 215 Å². The summed E-state index contributed by atoms with van der Waals surface area (Å²) >= 11 is 6.32. The van der Waals surface area contributed by atoms with Crippen molar-refractivity contribution >= 4 is 23.5 Å². The van der Waals surface area contributed by atoms with E-state index in [0.717, 1.165) is 19.3 Å². The minimum atomic E-state index is -0.534. The molecule has 1 unspecified atom stereocenters. The largest absolute Gasteiger partial charge is 0.492 e. The number of carbonyl (C=O) groups is 2. The van der Waals surface area contributed by atoms with Crippen molar-refractivity contribution in [2.45, 2.75) is 78.6 Å². The van der Waals surface area contributed by atoms with Crippen molar-refractivity contribution in [1.29, 1.82) is 0 Å². The van der Waals surface area contributed by atoms with Crippen LogP contribution in [-0.4, -0.2) is 25.2 Å². The SMILES string of the molecule is CCCCCCCCCCOc1ccc(C(=O)Oc2ccc(C(=O)OCC(C)CC)cc2)cc1Cl. The fourth-order valence-corrected chi connectivity index (χ4v) is 3.64. The van der Waals surface area contributed by atoms with Crippen LogP contribution in [0.15, 0.2) is 42.5 Å².